The predicted molar refractivity (Wildman–Crippen MR) is 82.9 cm³/mol. The fourth-order valence-electron chi connectivity index (χ4n) is 2.86. The molecule has 0 aliphatic rings. The number of benzene rings is 1. The van der Waals surface area contributed by atoms with Gasteiger partial charge in [-0.3, -0.25) is 4.98 Å². The summed E-state index contributed by atoms with van der Waals surface area (Å²) in [5.41, 5.74) is 5.35. The highest BCUT2D eigenvalue weighted by Crippen LogP contribution is 2.33. The van der Waals surface area contributed by atoms with E-state index in [0.29, 0.717) is 0 Å². The van der Waals surface area contributed by atoms with E-state index >= 15 is 0 Å². The van der Waals surface area contributed by atoms with Crippen molar-refractivity contribution >= 4 is 21.9 Å². The number of fused-ring (bicyclic) bond motifs is 3. The number of rotatable bonds is 1. The third-order valence-corrected chi connectivity index (χ3v) is 3.95. The molecule has 102 valence electrons. The van der Waals surface area contributed by atoms with Crippen LogP contribution in [0.4, 0.5) is 0 Å². The van der Waals surface area contributed by atoms with Gasteiger partial charge in [-0.05, 0) is 36.8 Å². The van der Waals surface area contributed by atoms with Crippen LogP contribution in [-0.2, 0) is 7.05 Å². The van der Waals surface area contributed by atoms with Crippen LogP contribution in [0.5, 0.6) is 0 Å². The molecule has 3 nitrogen and oxygen atoms in total. The number of aromatic nitrogens is 2. The van der Waals surface area contributed by atoms with Crippen LogP contribution in [0.2, 0.25) is 0 Å². The van der Waals surface area contributed by atoms with Crippen molar-refractivity contribution in [2.24, 2.45) is 7.05 Å². The SMILES string of the molecule is Cc1cc2c(cc1-c1cccc[n+]1C)oc1cnccc12. The Morgan fingerprint density at radius 2 is 1.95 bits per heavy atom. The molecule has 0 radical (unpaired) electrons. The molecular weight excluding hydrogens is 260 g/mol. The molecular formula is C18H15N2O+. The van der Waals surface area contributed by atoms with Crippen LogP contribution in [0.1, 0.15) is 5.56 Å². The van der Waals surface area contributed by atoms with Gasteiger partial charge >= 0.3 is 0 Å². The summed E-state index contributed by atoms with van der Waals surface area (Å²) < 4.78 is 8.06. The van der Waals surface area contributed by atoms with Gasteiger partial charge in [-0.1, -0.05) is 0 Å². The van der Waals surface area contributed by atoms with Crippen molar-refractivity contribution in [3.63, 3.8) is 0 Å². The van der Waals surface area contributed by atoms with Crippen molar-refractivity contribution in [3.8, 4) is 11.3 Å². The van der Waals surface area contributed by atoms with Crippen LogP contribution < -0.4 is 4.57 Å². The molecule has 3 aromatic heterocycles. The summed E-state index contributed by atoms with van der Waals surface area (Å²) in [4.78, 5) is 4.13. The Morgan fingerprint density at radius 1 is 1.05 bits per heavy atom. The molecule has 0 aliphatic heterocycles. The van der Waals surface area contributed by atoms with Crippen LogP contribution in [0.3, 0.4) is 0 Å². The third kappa shape index (κ3) is 1.82. The molecule has 21 heavy (non-hydrogen) atoms. The maximum atomic E-state index is 5.94. The molecule has 0 atom stereocenters. The molecule has 0 spiro atoms. The van der Waals surface area contributed by atoms with Crippen LogP contribution in [-0.4, -0.2) is 4.98 Å². The molecule has 1 aromatic carbocycles. The van der Waals surface area contributed by atoms with Gasteiger partial charge in [-0.25, -0.2) is 4.57 Å². The molecule has 4 aromatic rings. The summed E-state index contributed by atoms with van der Waals surface area (Å²) in [6.07, 6.45) is 5.63. The minimum Gasteiger partial charge on any atom is -0.454 e. The monoisotopic (exact) mass is 275 g/mol. The molecule has 0 unspecified atom stereocenters. The van der Waals surface area contributed by atoms with E-state index in [0.717, 1.165) is 21.9 Å². The minimum atomic E-state index is 0.835. The molecule has 0 N–H and O–H groups in total. The fourth-order valence-corrected chi connectivity index (χ4v) is 2.86. The minimum absolute atomic E-state index is 0.835. The molecule has 0 saturated carbocycles. The average Bonchev–Trinajstić information content (AvgIpc) is 2.85. The maximum absolute atomic E-state index is 5.94. The quantitative estimate of drug-likeness (QED) is 0.495. The zero-order chi connectivity index (χ0) is 14.4. The number of furan rings is 1. The van der Waals surface area contributed by atoms with Gasteiger partial charge in [0.05, 0.1) is 11.8 Å². The van der Waals surface area contributed by atoms with Crippen LogP contribution >= 0.6 is 0 Å². The Hall–Kier alpha value is -2.68. The van der Waals surface area contributed by atoms with Gasteiger partial charge in [0.15, 0.2) is 11.8 Å². The van der Waals surface area contributed by atoms with E-state index in [1.807, 2.05) is 12.1 Å². The van der Waals surface area contributed by atoms with Gasteiger partial charge < -0.3 is 4.42 Å². The molecule has 4 rings (SSSR count). The van der Waals surface area contributed by atoms with Gasteiger partial charge in [-0.15, -0.1) is 0 Å². The summed E-state index contributed by atoms with van der Waals surface area (Å²) >= 11 is 0. The van der Waals surface area contributed by atoms with Crippen molar-refractivity contribution < 1.29 is 8.98 Å². The predicted octanol–water partition coefficient (Wildman–Crippen LogP) is 3.78. The lowest BCUT2D eigenvalue weighted by Crippen LogP contribution is -2.30. The highest BCUT2D eigenvalue weighted by atomic mass is 16.3. The normalized spacial score (nSPS) is 11.3. The Bertz CT molecular complexity index is 969. The fraction of sp³-hybridized carbons (Fsp3) is 0.111. The summed E-state index contributed by atoms with van der Waals surface area (Å²) in [5.74, 6) is 0. The Morgan fingerprint density at radius 3 is 2.81 bits per heavy atom. The van der Waals surface area contributed by atoms with Gasteiger partial charge in [0.25, 0.3) is 0 Å². The van der Waals surface area contributed by atoms with E-state index in [9.17, 15) is 0 Å². The second-order valence-electron chi connectivity index (χ2n) is 5.33. The van der Waals surface area contributed by atoms with E-state index in [1.165, 1.54) is 16.8 Å². The highest BCUT2D eigenvalue weighted by molar-refractivity contribution is 6.05. The summed E-state index contributed by atoms with van der Waals surface area (Å²) in [6.45, 7) is 2.14. The molecule has 0 bridgehead atoms. The molecule has 0 amide bonds. The maximum Gasteiger partial charge on any atom is 0.212 e. The lowest BCUT2D eigenvalue weighted by atomic mass is 10.0. The molecule has 0 aliphatic carbocycles. The van der Waals surface area contributed by atoms with Crippen LogP contribution in [0.15, 0.2) is 59.4 Å². The molecule has 3 heterocycles. The topological polar surface area (TPSA) is 29.9 Å². The summed E-state index contributed by atoms with van der Waals surface area (Å²) in [5, 5.41) is 2.26. The van der Waals surface area contributed by atoms with Crippen molar-refractivity contribution in [2.75, 3.05) is 0 Å². The van der Waals surface area contributed by atoms with Crippen LogP contribution in [0, 0.1) is 6.92 Å². The first-order valence-corrected chi connectivity index (χ1v) is 6.96. The van der Waals surface area contributed by atoms with Crippen molar-refractivity contribution in [2.45, 2.75) is 6.92 Å². The van der Waals surface area contributed by atoms with E-state index in [1.54, 1.807) is 12.4 Å². The highest BCUT2D eigenvalue weighted by Gasteiger charge is 2.15. The smallest absolute Gasteiger partial charge is 0.212 e. The number of hydrogen-bond acceptors (Lipinski definition) is 2. The first-order chi connectivity index (χ1) is 10.2. The number of hydrogen-bond donors (Lipinski definition) is 0. The lowest BCUT2D eigenvalue weighted by molar-refractivity contribution is -0.660. The Labute approximate surface area is 122 Å². The number of nitrogens with zero attached hydrogens (tertiary/aromatic N) is 2. The number of aryl methyl sites for hydroxylation is 2. The van der Waals surface area contributed by atoms with E-state index < -0.39 is 0 Å². The Balaban J connectivity index is 2.06. The van der Waals surface area contributed by atoms with E-state index in [-0.39, 0.29) is 0 Å². The largest absolute Gasteiger partial charge is 0.454 e. The zero-order valence-electron chi connectivity index (χ0n) is 12.0. The first kappa shape index (κ1) is 12.1. The molecule has 0 saturated heterocycles. The first-order valence-electron chi connectivity index (χ1n) is 6.96. The molecule has 0 fully saturated rings. The standard InChI is InChI=1S/C18H15N2O/c1-12-9-15-13-6-7-19-11-18(13)21-17(15)10-14(12)16-5-3-4-8-20(16)2/h3-11H,1-2H3/q+1. The Kier molecular flexibility index (Phi) is 2.54. The van der Waals surface area contributed by atoms with Crippen molar-refractivity contribution in [1.82, 2.24) is 4.98 Å². The van der Waals surface area contributed by atoms with Gasteiger partial charge in [0.1, 0.15) is 12.6 Å². The van der Waals surface area contributed by atoms with Crippen molar-refractivity contribution in [1.29, 1.82) is 0 Å². The summed E-state index contributed by atoms with van der Waals surface area (Å²) in [6, 6.07) is 12.5. The average molecular weight is 275 g/mol. The second-order valence-corrected chi connectivity index (χ2v) is 5.33. The van der Waals surface area contributed by atoms with Gasteiger partial charge in [0, 0.05) is 29.1 Å². The lowest BCUT2D eigenvalue weighted by Gasteiger charge is -2.04. The van der Waals surface area contributed by atoms with E-state index in [2.05, 4.69) is 54.0 Å². The summed E-state index contributed by atoms with van der Waals surface area (Å²) in [7, 11) is 2.06. The van der Waals surface area contributed by atoms with Gasteiger partial charge in [0.2, 0.25) is 5.69 Å². The van der Waals surface area contributed by atoms with Crippen LogP contribution in [0.25, 0.3) is 33.2 Å². The van der Waals surface area contributed by atoms with Gasteiger partial charge in [-0.2, -0.15) is 0 Å². The van der Waals surface area contributed by atoms with Crippen molar-refractivity contribution in [3.05, 3.63) is 60.6 Å². The molecule has 3 heteroatoms. The third-order valence-electron chi connectivity index (χ3n) is 3.95. The second kappa shape index (κ2) is 4.42. The number of pyridine rings is 2. The van der Waals surface area contributed by atoms with E-state index in [4.69, 9.17) is 4.42 Å². The zero-order valence-corrected chi connectivity index (χ0v) is 12.0.